The Kier molecular flexibility index (Phi) is 6.86. The molecule has 0 aliphatic heterocycles. The summed E-state index contributed by atoms with van der Waals surface area (Å²) in [5.41, 5.74) is 24.8. The van der Waals surface area contributed by atoms with Crippen molar-refractivity contribution in [3.8, 4) is 34.1 Å². The maximum Gasteiger partial charge on any atom is 0.150 e. The van der Waals surface area contributed by atoms with Crippen molar-refractivity contribution in [2.45, 2.75) is 33.1 Å². The summed E-state index contributed by atoms with van der Waals surface area (Å²) in [4.78, 5) is 0. The summed E-state index contributed by atoms with van der Waals surface area (Å²) < 4.78 is 12.7. The van der Waals surface area contributed by atoms with E-state index in [2.05, 4.69) is 98.8 Å². The standard InChI is InChI=1S/C41H36N2O2/c1-25-11-9-17-37(39(25)42)44-35-21-19-29(23-27(35)3)41(33-15-7-5-13-31(33)32-14-6-8-16-34(32)41)30-20-22-36(28(4)24-30)45-38-18-10-12-26(2)40(38)43/h5-24H,42-43H2,1-4H3. The van der Waals surface area contributed by atoms with Gasteiger partial charge in [-0.2, -0.15) is 0 Å². The van der Waals surface area contributed by atoms with Crippen molar-refractivity contribution in [1.29, 1.82) is 0 Å². The van der Waals surface area contributed by atoms with E-state index in [9.17, 15) is 0 Å². The van der Waals surface area contributed by atoms with E-state index in [-0.39, 0.29) is 0 Å². The maximum atomic E-state index is 6.37. The zero-order valence-corrected chi connectivity index (χ0v) is 26.0. The molecular formula is C41H36N2O2. The van der Waals surface area contributed by atoms with Gasteiger partial charge >= 0.3 is 0 Å². The number of rotatable bonds is 6. The minimum Gasteiger partial charge on any atom is -0.455 e. The molecule has 4 nitrogen and oxygen atoms in total. The molecule has 0 heterocycles. The lowest BCUT2D eigenvalue weighted by Gasteiger charge is -2.34. The molecule has 0 radical (unpaired) electrons. The Balaban J connectivity index is 1.40. The largest absolute Gasteiger partial charge is 0.455 e. The third-order valence-corrected chi connectivity index (χ3v) is 9.18. The Labute approximate surface area is 264 Å². The van der Waals surface area contributed by atoms with Gasteiger partial charge in [0.15, 0.2) is 11.5 Å². The van der Waals surface area contributed by atoms with Crippen LogP contribution in [-0.4, -0.2) is 0 Å². The molecule has 4 heteroatoms. The first kappa shape index (κ1) is 28.3. The highest BCUT2D eigenvalue weighted by Crippen LogP contribution is 2.56. The van der Waals surface area contributed by atoms with Gasteiger partial charge < -0.3 is 20.9 Å². The van der Waals surface area contributed by atoms with E-state index in [1.165, 1.54) is 22.3 Å². The predicted molar refractivity (Wildman–Crippen MR) is 185 cm³/mol. The summed E-state index contributed by atoms with van der Waals surface area (Å²) in [7, 11) is 0. The van der Waals surface area contributed by atoms with Gasteiger partial charge in [-0.15, -0.1) is 0 Å². The monoisotopic (exact) mass is 588 g/mol. The normalized spacial score (nSPS) is 12.8. The zero-order valence-electron chi connectivity index (χ0n) is 26.0. The Bertz CT molecular complexity index is 1940. The van der Waals surface area contributed by atoms with Crippen LogP contribution in [0.1, 0.15) is 44.5 Å². The number of aryl methyl sites for hydroxylation is 4. The third-order valence-electron chi connectivity index (χ3n) is 9.18. The topological polar surface area (TPSA) is 70.5 Å². The molecule has 7 rings (SSSR count). The number of hydrogen-bond acceptors (Lipinski definition) is 4. The van der Waals surface area contributed by atoms with E-state index in [0.29, 0.717) is 22.9 Å². The average Bonchev–Trinajstić information content (AvgIpc) is 3.34. The fourth-order valence-corrected chi connectivity index (χ4v) is 6.74. The fraction of sp³-hybridized carbons (Fsp3) is 0.122. The van der Waals surface area contributed by atoms with E-state index in [1.54, 1.807) is 0 Å². The molecule has 4 N–H and O–H groups in total. The Morgan fingerprint density at radius 1 is 0.422 bits per heavy atom. The SMILES string of the molecule is Cc1cc(C2(c3ccc(Oc4cccc(C)c4N)c(C)c3)c3ccccc3-c3ccccc32)ccc1Oc1cccc(C)c1N. The van der Waals surface area contributed by atoms with Crippen molar-refractivity contribution in [3.05, 3.63) is 166 Å². The number of fused-ring (bicyclic) bond motifs is 3. The van der Waals surface area contributed by atoms with Crippen molar-refractivity contribution < 1.29 is 9.47 Å². The maximum absolute atomic E-state index is 6.37. The second kappa shape index (κ2) is 10.9. The van der Waals surface area contributed by atoms with Crippen molar-refractivity contribution in [2.75, 3.05) is 11.5 Å². The van der Waals surface area contributed by atoms with Crippen LogP contribution in [-0.2, 0) is 5.41 Å². The molecular weight excluding hydrogens is 552 g/mol. The summed E-state index contributed by atoms with van der Waals surface area (Å²) >= 11 is 0. The lowest BCUT2D eigenvalue weighted by atomic mass is 9.67. The van der Waals surface area contributed by atoms with Crippen LogP contribution in [0.2, 0.25) is 0 Å². The minimum atomic E-state index is -0.551. The summed E-state index contributed by atoms with van der Waals surface area (Å²) in [6, 6.07) is 42.3. The molecule has 0 atom stereocenters. The van der Waals surface area contributed by atoms with Gasteiger partial charge in [0.25, 0.3) is 0 Å². The van der Waals surface area contributed by atoms with Crippen LogP contribution in [0.5, 0.6) is 23.0 Å². The molecule has 0 aromatic heterocycles. The molecule has 6 aromatic carbocycles. The van der Waals surface area contributed by atoms with Crippen LogP contribution in [0, 0.1) is 27.7 Å². The van der Waals surface area contributed by atoms with Gasteiger partial charge in [0, 0.05) is 0 Å². The number of nitrogens with two attached hydrogens (primary N) is 2. The summed E-state index contributed by atoms with van der Waals surface area (Å²) in [6.07, 6.45) is 0. The molecule has 45 heavy (non-hydrogen) atoms. The van der Waals surface area contributed by atoms with Gasteiger partial charge in [-0.25, -0.2) is 0 Å². The molecule has 0 saturated carbocycles. The lowest BCUT2D eigenvalue weighted by molar-refractivity contribution is 0.480. The van der Waals surface area contributed by atoms with Crippen molar-refractivity contribution in [2.24, 2.45) is 0 Å². The molecule has 0 amide bonds. The average molecular weight is 589 g/mol. The number of anilines is 2. The lowest BCUT2D eigenvalue weighted by Crippen LogP contribution is -2.28. The highest BCUT2D eigenvalue weighted by atomic mass is 16.5. The second-order valence-electron chi connectivity index (χ2n) is 12.0. The minimum absolute atomic E-state index is 0.551. The van der Waals surface area contributed by atoms with Crippen LogP contribution in [0.3, 0.4) is 0 Å². The summed E-state index contributed by atoms with van der Waals surface area (Å²) in [5.74, 6) is 2.89. The molecule has 0 bridgehead atoms. The molecule has 1 aliphatic rings. The first-order valence-electron chi connectivity index (χ1n) is 15.3. The molecule has 0 spiro atoms. The Morgan fingerprint density at radius 2 is 0.844 bits per heavy atom. The van der Waals surface area contributed by atoms with Crippen LogP contribution < -0.4 is 20.9 Å². The molecule has 1 aliphatic carbocycles. The second-order valence-corrected chi connectivity index (χ2v) is 12.0. The number of ether oxygens (including phenoxy) is 2. The van der Waals surface area contributed by atoms with Crippen molar-refractivity contribution >= 4 is 11.4 Å². The van der Waals surface area contributed by atoms with E-state index in [4.69, 9.17) is 20.9 Å². The van der Waals surface area contributed by atoms with E-state index < -0.39 is 5.41 Å². The molecule has 0 saturated heterocycles. The first-order chi connectivity index (χ1) is 21.8. The molecule has 0 unspecified atom stereocenters. The van der Waals surface area contributed by atoms with Crippen molar-refractivity contribution in [3.63, 3.8) is 0 Å². The molecule has 0 fully saturated rings. The quantitative estimate of drug-likeness (QED) is 0.190. The van der Waals surface area contributed by atoms with Crippen LogP contribution in [0.4, 0.5) is 11.4 Å². The molecule has 222 valence electrons. The zero-order chi connectivity index (χ0) is 31.3. The number of hydrogen-bond donors (Lipinski definition) is 2. The van der Waals surface area contributed by atoms with Gasteiger partial charge in [0.05, 0.1) is 16.8 Å². The Morgan fingerprint density at radius 3 is 1.27 bits per heavy atom. The fourth-order valence-electron chi connectivity index (χ4n) is 6.74. The summed E-state index contributed by atoms with van der Waals surface area (Å²) in [5, 5.41) is 0. The molecule has 6 aromatic rings. The number of benzene rings is 6. The van der Waals surface area contributed by atoms with Gasteiger partial charge in [-0.3, -0.25) is 0 Å². The van der Waals surface area contributed by atoms with Crippen LogP contribution in [0.15, 0.2) is 121 Å². The smallest absolute Gasteiger partial charge is 0.150 e. The van der Waals surface area contributed by atoms with E-state index >= 15 is 0 Å². The van der Waals surface area contributed by atoms with Gasteiger partial charge in [-0.05, 0) is 108 Å². The van der Waals surface area contributed by atoms with E-state index in [0.717, 1.165) is 44.9 Å². The predicted octanol–water partition coefficient (Wildman–Crippen LogP) is 10.0. The van der Waals surface area contributed by atoms with Crippen LogP contribution >= 0.6 is 0 Å². The first-order valence-corrected chi connectivity index (χ1v) is 15.3. The van der Waals surface area contributed by atoms with Gasteiger partial charge in [0.2, 0.25) is 0 Å². The van der Waals surface area contributed by atoms with E-state index in [1.807, 2.05) is 50.2 Å². The Hall–Kier alpha value is -5.48. The highest BCUT2D eigenvalue weighted by Gasteiger charge is 2.46. The highest BCUT2D eigenvalue weighted by molar-refractivity contribution is 5.86. The third kappa shape index (κ3) is 4.53. The van der Waals surface area contributed by atoms with Gasteiger partial charge in [-0.1, -0.05) is 97.1 Å². The van der Waals surface area contributed by atoms with Crippen LogP contribution in [0.25, 0.3) is 11.1 Å². The van der Waals surface area contributed by atoms with Crippen molar-refractivity contribution in [1.82, 2.24) is 0 Å². The number of para-hydroxylation sites is 2. The van der Waals surface area contributed by atoms with Gasteiger partial charge in [0.1, 0.15) is 11.5 Å². The number of nitrogen functional groups attached to an aromatic ring is 2. The summed E-state index contributed by atoms with van der Waals surface area (Å²) in [6.45, 7) is 8.18.